The second-order valence-corrected chi connectivity index (χ2v) is 5.54. The van der Waals surface area contributed by atoms with Crippen LogP contribution in [0.4, 0.5) is 0 Å². The Morgan fingerprint density at radius 2 is 1.96 bits per heavy atom. The summed E-state index contributed by atoms with van der Waals surface area (Å²) in [6, 6.07) is 8.88. The van der Waals surface area contributed by atoms with E-state index in [9.17, 15) is 14.4 Å². The van der Waals surface area contributed by atoms with Crippen LogP contribution in [0.2, 0.25) is 0 Å². The quantitative estimate of drug-likeness (QED) is 0.611. The van der Waals surface area contributed by atoms with Crippen LogP contribution in [0.3, 0.4) is 0 Å². The standard InChI is InChI=1S/C17H22N2O3.ClH/c1-2-3-11-18-17(22)16(21)14-9-10-15(20)19(14)12-13-7-5-4-6-8-13;/h4-8,14H,2-3,9-12H2,1H3,(H,18,22);1H/t14-;/m1./s1. The molecule has 0 bridgehead atoms. The molecule has 1 saturated heterocycles. The van der Waals surface area contributed by atoms with Crippen molar-refractivity contribution in [3.63, 3.8) is 0 Å². The summed E-state index contributed by atoms with van der Waals surface area (Å²) >= 11 is 0. The van der Waals surface area contributed by atoms with Gasteiger partial charge in [0.1, 0.15) is 6.04 Å². The minimum absolute atomic E-state index is 0. The lowest BCUT2D eigenvalue weighted by atomic mass is 10.1. The fourth-order valence-corrected chi connectivity index (χ4v) is 2.60. The zero-order chi connectivity index (χ0) is 15.9. The topological polar surface area (TPSA) is 66.5 Å². The maximum atomic E-state index is 12.3. The predicted molar refractivity (Wildman–Crippen MR) is 90.2 cm³/mol. The van der Waals surface area contributed by atoms with Crippen molar-refractivity contribution in [2.75, 3.05) is 6.54 Å². The Bertz CT molecular complexity index is 548. The van der Waals surface area contributed by atoms with Gasteiger partial charge in [-0.25, -0.2) is 0 Å². The van der Waals surface area contributed by atoms with Gasteiger partial charge in [0.05, 0.1) is 0 Å². The summed E-state index contributed by atoms with van der Waals surface area (Å²) in [7, 11) is 0. The third kappa shape index (κ3) is 5.06. The average molecular weight is 339 g/mol. The van der Waals surface area contributed by atoms with Crippen LogP contribution in [0.25, 0.3) is 0 Å². The minimum Gasteiger partial charge on any atom is -0.349 e. The zero-order valence-corrected chi connectivity index (χ0v) is 14.1. The van der Waals surface area contributed by atoms with Gasteiger partial charge in [-0.15, -0.1) is 12.4 Å². The van der Waals surface area contributed by atoms with Crippen LogP contribution in [0.1, 0.15) is 38.2 Å². The van der Waals surface area contributed by atoms with E-state index < -0.39 is 17.7 Å². The number of rotatable bonds is 7. The largest absolute Gasteiger partial charge is 0.349 e. The summed E-state index contributed by atoms with van der Waals surface area (Å²) < 4.78 is 0. The van der Waals surface area contributed by atoms with Gasteiger partial charge < -0.3 is 10.2 Å². The van der Waals surface area contributed by atoms with Crippen molar-refractivity contribution in [2.24, 2.45) is 0 Å². The number of carbonyl (C=O) groups excluding carboxylic acids is 3. The van der Waals surface area contributed by atoms with Gasteiger partial charge in [-0.2, -0.15) is 0 Å². The molecule has 1 atom stereocenters. The van der Waals surface area contributed by atoms with Crippen molar-refractivity contribution in [2.45, 2.75) is 45.2 Å². The minimum atomic E-state index is -0.630. The van der Waals surface area contributed by atoms with E-state index >= 15 is 0 Å². The summed E-state index contributed by atoms with van der Waals surface area (Å²) in [4.78, 5) is 37.7. The van der Waals surface area contributed by atoms with Crippen LogP contribution < -0.4 is 5.32 Å². The first-order chi connectivity index (χ1) is 10.6. The highest BCUT2D eigenvalue weighted by Crippen LogP contribution is 2.22. The van der Waals surface area contributed by atoms with Gasteiger partial charge in [-0.1, -0.05) is 43.7 Å². The number of benzene rings is 1. The first kappa shape index (κ1) is 19.2. The Labute approximate surface area is 142 Å². The molecule has 1 fully saturated rings. The highest BCUT2D eigenvalue weighted by molar-refractivity contribution is 6.38. The molecule has 126 valence electrons. The van der Waals surface area contributed by atoms with Gasteiger partial charge in [0.25, 0.3) is 5.91 Å². The number of nitrogens with one attached hydrogen (secondary N) is 1. The maximum absolute atomic E-state index is 12.3. The number of hydrogen-bond donors (Lipinski definition) is 1. The third-order valence-electron chi connectivity index (χ3n) is 3.87. The molecular weight excluding hydrogens is 316 g/mol. The van der Waals surface area contributed by atoms with Crippen LogP contribution >= 0.6 is 12.4 Å². The van der Waals surface area contributed by atoms with E-state index in [0.29, 0.717) is 25.9 Å². The van der Waals surface area contributed by atoms with Crippen molar-refractivity contribution in [3.8, 4) is 0 Å². The van der Waals surface area contributed by atoms with Gasteiger partial charge in [0.15, 0.2) is 0 Å². The summed E-state index contributed by atoms with van der Waals surface area (Å²) in [6.07, 6.45) is 2.55. The molecule has 1 aliphatic rings. The summed E-state index contributed by atoms with van der Waals surface area (Å²) in [5.41, 5.74) is 0.960. The van der Waals surface area contributed by atoms with Gasteiger partial charge >= 0.3 is 0 Å². The molecule has 0 aliphatic carbocycles. The van der Waals surface area contributed by atoms with E-state index in [4.69, 9.17) is 0 Å². The number of unbranched alkanes of at least 4 members (excludes halogenated alkanes) is 1. The third-order valence-corrected chi connectivity index (χ3v) is 3.87. The van der Waals surface area contributed by atoms with Gasteiger partial charge in [-0.05, 0) is 18.4 Å². The van der Waals surface area contributed by atoms with E-state index in [-0.39, 0.29) is 18.3 Å². The Balaban J connectivity index is 0.00000264. The average Bonchev–Trinajstić information content (AvgIpc) is 2.89. The first-order valence-corrected chi connectivity index (χ1v) is 7.79. The van der Waals surface area contributed by atoms with Gasteiger partial charge in [0.2, 0.25) is 11.7 Å². The molecule has 23 heavy (non-hydrogen) atoms. The van der Waals surface area contributed by atoms with Crippen LogP contribution in [-0.4, -0.2) is 35.1 Å². The Hall–Kier alpha value is -1.88. The molecule has 1 N–H and O–H groups in total. The van der Waals surface area contributed by atoms with Crippen molar-refractivity contribution >= 4 is 30.0 Å². The molecule has 5 nitrogen and oxygen atoms in total. The van der Waals surface area contributed by atoms with Crippen molar-refractivity contribution in [1.29, 1.82) is 0 Å². The number of Topliss-reactive ketones (excluding diaryl/α,β-unsaturated/α-hetero) is 1. The number of carbonyl (C=O) groups is 3. The lowest BCUT2D eigenvalue weighted by molar-refractivity contribution is -0.143. The van der Waals surface area contributed by atoms with Crippen molar-refractivity contribution < 1.29 is 14.4 Å². The molecule has 0 radical (unpaired) electrons. The Kier molecular flexibility index (Phi) is 7.75. The molecule has 1 aromatic carbocycles. The van der Waals surface area contributed by atoms with Crippen LogP contribution in [-0.2, 0) is 20.9 Å². The van der Waals surface area contributed by atoms with Crippen LogP contribution in [0.15, 0.2) is 30.3 Å². The van der Waals surface area contributed by atoms with E-state index in [0.717, 1.165) is 18.4 Å². The molecule has 2 rings (SSSR count). The predicted octanol–water partition coefficient (Wildman–Crippen LogP) is 2.08. The molecule has 1 heterocycles. The molecular formula is C17H23ClN2O3. The zero-order valence-electron chi connectivity index (χ0n) is 13.3. The number of ketones is 1. The lowest BCUT2D eigenvalue weighted by Crippen LogP contribution is -2.45. The van der Waals surface area contributed by atoms with Gasteiger partial charge in [0, 0.05) is 19.5 Å². The summed E-state index contributed by atoms with van der Waals surface area (Å²) in [5, 5.41) is 2.63. The Morgan fingerprint density at radius 3 is 2.61 bits per heavy atom. The smallest absolute Gasteiger partial charge is 0.289 e. The van der Waals surface area contributed by atoms with E-state index in [1.165, 1.54) is 4.90 Å². The molecule has 0 aromatic heterocycles. The van der Waals surface area contributed by atoms with Crippen LogP contribution in [0, 0.1) is 0 Å². The molecule has 1 aromatic rings. The van der Waals surface area contributed by atoms with Gasteiger partial charge in [-0.3, -0.25) is 14.4 Å². The fraction of sp³-hybridized carbons (Fsp3) is 0.471. The number of likely N-dealkylation sites (tertiary alicyclic amines) is 1. The van der Waals surface area contributed by atoms with E-state index in [2.05, 4.69) is 5.32 Å². The van der Waals surface area contributed by atoms with Crippen LogP contribution in [0.5, 0.6) is 0 Å². The molecule has 0 saturated carbocycles. The second kappa shape index (κ2) is 9.30. The first-order valence-electron chi connectivity index (χ1n) is 7.79. The molecule has 0 unspecified atom stereocenters. The SMILES string of the molecule is CCCCNC(=O)C(=O)[C@H]1CCC(=O)N1Cc1ccccc1.Cl. The molecule has 0 spiro atoms. The molecule has 6 heteroatoms. The number of hydrogen-bond acceptors (Lipinski definition) is 3. The number of halogens is 1. The summed E-state index contributed by atoms with van der Waals surface area (Å²) in [6.45, 7) is 2.89. The lowest BCUT2D eigenvalue weighted by Gasteiger charge is -2.23. The van der Waals surface area contributed by atoms with E-state index in [1.54, 1.807) is 0 Å². The number of amides is 2. The number of nitrogens with zero attached hydrogens (tertiary/aromatic N) is 1. The van der Waals surface area contributed by atoms with Crippen molar-refractivity contribution in [1.82, 2.24) is 10.2 Å². The highest BCUT2D eigenvalue weighted by atomic mass is 35.5. The fourth-order valence-electron chi connectivity index (χ4n) is 2.60. The second-order valence-electron chi connectivity index (χ2n) is 5.54. The molecule has 1 aliphatic heterocycles. The maximum Gasteiger partial charge on any atom is 0.289 e. The monoisotopic (exact) mass is 338 g/mol. The molecule has 2 amide bonds. The van der Waals surface area contributed by atoms with Crippen molar-refractivity contribution in [3.05, 3.63) is 35.9 Å². The Morgan fingerprint density at radius 1 is 1.26 bits per heavy atom. The van der Waals surface area contributed by atoms with E-state index in [1.807, 2.05) is 37.3 Å². The summed E-state index contributed by atoms with van der Waals surface area (Å²) in [5.74, 6) is -1.15. The highest BCUT2D eigenvalue weighted by Gasteiger charge is 2.38. The normalized spacial score (nSPS) is 16.8.